The van der Waals surface area contributed by atoms with Crippen molar-refractivity contribution in [1.29, 1.82) is 5.26 Å². The second kappa shape index (κ2) is 11.9. The van der Waals surface area contributed by atoms with Gasteiger partial charge in [0.2, 0.25) is 5.91 Å². The fourth-order valence-corrected chi connectivity index (χ4v) is 6.15. The number of nitrogens with zero attached hydrogens (tertiary/aromatic N) is 4. The molecule has 1 aliphatic rings. The first-order valence-corrected chi connectivity index (χ1v) is 13.7. The number of benzene rings is 1. The van der Waals surface area contributed by atoms with Gasteiger partial charge in [0.1, 0.15) is 11.1 Å². The zero-order valence-corrected chi connectivity index (χ0v) is 22.3. The van der Waals surface area contributed by atoms with Gasteiger partial charge in [-0.15, -0.1) is 28.1 Å². The molecule has 2 heterocycles. The lowest BCUT2D eigenvalue weighted by molar-refractivity contribution is -0.113. The second-order valence-electron chi connectivity index (χ2n) is 7.97. The highest BCUT2D eigenvalue weighted by molar-refractivity contribution is 7.99. The summed E-state index contributed by atoms with van der Waals surface area (Å²) in [5, 5.41) is 25.4. The van der Waals surface area contributed by atoms with E-state index >= 15 is 0 Å². The smallest absolute Gasteiger partial charge is 0.251 e. The van der Waals surface area contributed by atoms with Crippen LogP contribution in [-0.4, -0.2) is 32.3 Å². The largest absolute Gasteiger partial charge is 0.345 e. The van der Waals surface area contributed by atoms with Gasteiger partial charge in [-0.1, -0.05) is 41.0 Å². The van der Waals surface area contributed by atoms with Crippen LogP contribution in [0.1, 0.15) is 45.0 Å². The Morgan fingerprint density at radius 1 is 1.25 bits per heavy atom. The van der Waals surface area contributed by atoms with Crippen molar-refractivity contribution in [3.8, 4) is 6.07 Å². The third-order valence-electron chi connectivity index (χ3n) is 5.56. The molecule has 0 atom stereocenters. The van der Waals surface area contributed by atoms with E-state index in [1.165, 1.54) is 34.0 Å². The van der Waals surface area contributed by atoms with E-state index in [4.69, 9.17) is 23.2 Å². The number of hydrogen-bond donors (Lipinski definition) is 2. The van der Waals surface area contributed by atoms with Crippen LogP contribution in [0.3, 0.4) is 0 Å². The first kappa shape index (κ1) is 26.2. The number of fused-ring (bicyclic) bond motifs is 1. The van der Waals surface area contributed by atoms with E-state index in [1.54, 1.807) is 22.8 Å². The predicted molar refractivity (Wildman–Crippen MR) is 143 cm³/mol. The Labute approximate surface area is 226 Å². The molecule has 2 amide bonds. The molecule has 1 aromatic carbocycles. The van der Waals surface area contributed by atoms with E-state index in [0.29, 0.717) is 43.7 Å². The lowest BCUT2D eigenvalue weighted by Gasteiger charge is -2.09. The maximum absolute atomic E-state index is 12.7. The standard InChI is InChI=1S/C24H22Cl2N6O2S2/c1-2-9-32-20(12-28-22(34)14-7-8-17(25)18(26)10-14)30-31-24(32)35-13-21(33)29-23-16(11-27)15-5-3-4-6-19(15)36-23/h2,7-8,10H,1,3-6,9,12-13H2,(H,28,34)(H,29,33). The van der Waals surface area contributed by atoms with Crippen LogP contribution in [0, 0.1) is 11.3 Å². The fourth-order valence-electron chi connectivity index (χ4n) is 3.83. The van der Waals surface area contributed by atoms with Crippen LogP contribution < -0.4 is 10.6 Å². The number of thiophene rings is 1. The summed E-state index contributed by atoms with van der Waals surface area (Å²) in [4.78, 5) is 26.4. The number of hydrogen-bond acceptors (Lipinski definition) is 7. The minimum atomic E-state index is -0.331. The number of carbonyl (C=O) groups excluding carboxylic acids is 2. The molecule has 12 heteroatoms. The summed E-state index contributed by atoms with van der Waals surface area (Å²) in [5.74, 6) is 0.0575. The van der Waals surface area contributed by atoms with Crippen LogP contribution in [0.15, 0.2) is 36.0 Å². The van der Waals surface area contributed by atoms with Crippen molar-refractivity contribution in [2.75, 3.05) is 11.1 Å². The minimum absolute atomic E-state index is 0.0956. The number of thioether (sulfide) groups is 1. The van der Waals surface area contributed by atoms with Gasteiger partial charge >= 0.3 is 0 Å². The summed E-state index contributed by atoms with van der Waals surface area (Å²) in [6, 6.07) is 6.89. The molecule has 0 aliphatic heterocycles. The highest BCUT2D eigenvalue weighted by Crippen LogP contribution is 2.37. The lowest BCUT2D eigenvalue weighted by Crippen LogP contribution is -2.25. The summed E-state index contributed by atoms with van der Waals surface area (Å²) < 4.78 is 1.78. The zero-order valence-electron chi connectivity index (χ0n) is 19.1. The highest BCUT2D eigenvalue weighted by atomic mass is 35.5. The third kappa shape index (κ3) is 5.93. The van der Waals surface area contributed by atoms with Gasteiger partial charge in [0.15, 0.2) is 11.0 Å². The van der Waals surface area contributed by atoms with E-state index in [9.17, 15) is 14.9 Å². The maximum Gasteiger partial charge on any atom is 0.251 e. The lowest BCUT2D eigenvalue weighted by atomic mass is 9.96. The van der Waals surface area contributed by atoms with E-state index in [1.807, 2.05) is 0 Å². The fraction of sp³-hybridized carbons (Fsp3) is 0.292. The van der Waals surface area contributed by atoms with Crippen LogP contribution in [-0.2, 0) is 30.7 Å². The summed E-state index contributed by atoms with van der Waals surface area (Å²) in [6.07, 6.45) is 5.70. The van der Waals surface area contributed by atoms with Crippen LogP contribution in [0.25, 0.3) is 0 Å². The van der Waals surface area contributed by atoms with Crippen molar-refractivity contribution in [1.82, 2.24) is 20.1 Å². The van der Waals surface area contributed by atoms with Crippen molar-refractivity contribution in [3.63, 3.8) is 0 Å². The zero-order chi connectivity index (χ0) is 25.7. The number of aromatic nitrogens is 3. The third-order valence-corrected chi connectivity index (χ3v) is 8.48. The minimum Gasteiger partial charge on any atom is -0.345 e. The molecule has 0 unspecified atom stereocenters. The van der Waals surface area contributed by atoms with Gasteiger partial charge in [-0.2, -0.15) is 5.26 Å². The molecule has 2 aromatic heterocycles. The molecule has 3 aromatic rings. The van der Waals surface area contributed by atoms with Crippen molar-refractivity contribution < 1.29 is 9.59 Å². The molecule has 2 N–H and O–H groups in total. The van der Waals surface area contributed by atoms with Crippen molar-refractivity contribution in [2.45, 2.75) is 43.9 Å². The molecule has 0 fully saturated rings. The molecule has 0 saturated heterocycles. The number of halogens is 2. The number of anilines is 1. The number of nitriles is 1. The molecular formula is C24H22Cl2N6O2S2. The van der Waals surface area contributed by atoms with E-state index in [-0.39, 0.29) is 24.1 Å². The Hall–Kier alpha value is -2.84. The van der Waals surface area contributed by atoms with Gasteiger partial charge in [-0.25, -0.2) is 0 Å². The van der Waals surface area contributed by atoms with Crippen LogP contribution in [0.2, 0.25) is 10.0 Å². The molecule has 36 heavy (non-hydrogen) atoms. The van der Waals surface area contributed by atoms with Gasteiger partial charge in [0.05, 0.1) is 27.9 Å². The summed E-state index contributed by atoms with van der Waals surface area (Å²) >= 11 is 14.6. The molecule has 0 spiro atoms. The summed E-state index contributed by atoms with van der Waals surface area (Å²) in [7, 11) is 0. The normalized spacial score (nSPS) is 12.5. The SMILES string of the molecule is C=CCn1c(CNC(=O)c2ccc(Cl)c(Cl)c2)nnc1SCC(=O)Nc1sc2c(c1C#N)CCCC2. The number of amides is 2. The summed E-state index contributed by atoms with van der Waals surface area (Å²) in [6.45, 7) is 4.30. The molecule has 186 valence electrons. The van der Waals surface area contributed by atoms with Crippen molar-refractivity contribution in [2.24, 2.45) is 0 Å². The molecule has 0 saturated carbocycles. The van der Waals surface area contributed by atoms with Gasteiger partial charge in [-0.3, -0.25) is 9.59 Å². The number of nitrogens with one attached hydrogen (secondary N) is 2. The molecule has 0 bridgehead atoms. The Balaban J connectivity index is 1.38. The van der Waals surface area contributed by atoms with E-state index in [2.05, 4.69) is 33.5 Å². The first-order chi connectivity index (χ1) is 17.4. The molecule has 1 aliphatic carbocycles. The van der Waals surface area contributed by atoms with Crippen LogP contribution >= 0.6 is 46.3 Å². The molecule has 0 radical (unpaired) electrons. The van der Waals surface area contributed by atoms with Gasteiger partial charge < -0.3 is 15.2 Å². The van der Waals surface area contributed by atoms with Crippen molar-refractivity contribution in [3.05, 3.63) is 68.3 Å². The average molecular weight is 562 g/mol. The number of rotatable bonds is 9. The van der Waals surface area contributed by atoms with Crippen LogP contribution in [0.5, 0.6) is 0 Å². The number of carbonyl (C=O) groups is 2. The first-order valence-electron chi connectivity index (χ1n) is 11.1. The quantitative estimate of drug-likeness (QED) is 0.273. The summed E-state index contributed by atoms with van der Waals surface area (Å²) in [5.41, 5.74) is 2.04. The second-order valence-corrected chi connectivity index (χ2v) is 10.8. The topological polar surface area (TPSA) is 113 Å². The number of aryl methyl sites for hydroxylation is 1. The van der Waals surface area contributed by atoms with E-state index in [0.717, 1.165) is 31.2 Å². The highest BCUT2D eigenvalue weighted by Gasteiger charge is 2.22. The van der Waals surface area contributed by atoms with Gasteiger partial charge in [-0.05, 0) is 49.4 Å². The Morgan fingerprint density at radius 2 is 2.06 bits per heavy atom. The Morgan fingerprint density at radius 3 is 2.81 bits per heavy atom. The molecule has 4 rings (SSSR count). The van der Waals surface area contributed by atoms with Crippen LogP contribution in [0.4, 0.5) is 5.00 Å². The van der Waals surface area contributed by atoms with E-state index < -0.39 is 0 Å². The van der Waals surface area contributed by atoms with Gasteiger partial charge in [0.25, 0.3) is 5.91 Å². The Bertz CT molecular complexity index is 1360. The maximum atomic E-state index is 12.7. The number of allylic oxidation sites excluding steroid dienone is 1. The molecule has 8 nitrogen and oxygen atoms in total. The Kier molecular flexibility index (Phi) is 8.69. The van der Waals surface area contributed by atoms with Crippen molar-refractivity contribution >= 4 is 63.1 Å². The predicted octanol–water partition coefficient (Wildman–Crippen LogP) is 5.24. The monoisotopic (exact) mass is 560 g/mol. The average Bonchev–Trinajstić information content (AvgIpc) is 3.43. The molecular weight excluding hydrogens is 539 g/mol. The van der Waals surface area contributed by atoms with Gasteiger partial charge in [0, 0.05) is 17.0 Å².